The van der Waals surface area contributed by atoms with Crippen molar-refractivity contribution in [1.29, 1.82) is 0 Å². The third kappa shape index (κ3) is 5.19. The highest BCUT2D eigenvalue weighted by Crippen LogP contribution is 2.32. The van der Waals surface area contributed by atoms with E-state index in [0.717, 1.165) is 5.39 Å². The third-order valence-corrected chi connectivity index (χ3v) is 8.47. The normalized spacial score (nSPS) is 11.6. The van der Waals surface area contributed by atoms with Crippen LogP contribution >= 0.6 is 34.5 Å². The zero-order chi connectivity index (χ0) is 26.3. The summed E-state index contributed by atoms with van der Waals surface area (Å²) in [5, 5.41) is 8.51. The number of thiophene rings is 1. The molecule has 0 saturated carbocycles. The van der Waals surface area contributed by atoms with Gasteiger partial charge < -0.3 is 5.32 Å². The number of amides is 1. The van der Waals surface area contributed by atoms with E-state index in [1.165, 1.54) is 47.7 Å². The van der Waals surface area contributed by atoms with Gasteiger partial charge in [0.15, 0.2) is 0 Å². The van der Waals surface area contributed by atoms with Gasteiger partial charge in [0, 0.05) is 10.4 Å². The second-order valence-corrected chi connectivity index (χ2v) is 11.6. The minimum absolute atomic E-state index is 0.0914. The lowest BCUT2D eigenvalue weighted by Gasteiger charge is -2.11. The maximum absolute atomic E-state index is 13.4. The molecule has 2 N–H and O–H groups in total. The number of carbonyl (C=O) groups excluding carboxylic acids is 1. The van der Waals surface area contributed by atoms with Gasteiger partial charge in [-0.1, -0.05) is 29.3 Å². The molecule has 0 atom stereocenters. The van der Waals surface area contributed by atoms with E-state index in [9.17, 15) is 17.6 Å². The molecule has 0 radical (unpaired) electrons. The van der Waals surface area contributed by atoms with E-state index in [0.29, 0.717) is 31.8 Å². The van der Waals surface area contributed by atoms with Gasteiger partial charge in [0.1, 0.15) is 10.6 Å². The number of sulfonamides is 1. The molecule has 2 heterocycles. The fraction of sp³-hybridized carbons (Fsp3) is 0.0400. The highest BCUT2D eigenvalue weighted by Gasteiger charge is 2.20. The molecule has 0 bridgehead atoms. The molecule has 0 aliphatic rings. The number of halogens is 3. The monoisotopic (exact) mass is 574 g/mol. The Bertz CT molecular complexity index is 1770. The molecule has 0 saturated heterocycles. The van der Waals surface area contributed by atoms with Crippen LogP contribution in [0.1, 0.15) is 15.4 Å². The summed E-state index contributed by atoms with van der Waals surface area (Å²) in [6, 6.07) is 17.9. The van der Waals surface area contributed by atoms with E-state index >= 15 is 0 Å². The maximum atomic E-state index is 13.4. The Balaban J connectivity index is 1.42. The summed E-state index contributed by atoms with van der Waals surface area (Å²) in [7, 11) is -3.98. The number of rotatable bonds is 6. The first-order valence-corrected chi connectivity index (χ1v) is 13.8. The van der Waals surface area contributed by atoms with Crippen molar-refractivity contribution < 1.29 is 17.6 Å². The van der Waals surface area contributed by atoms with Gasteiger partial charge in [0.2, 0.25) is 0 Å². The largest absolute Gasteiger partial charge is 0.320 e. The Kier molecular flexibility index (Phi) is 6.67. The van der Waals surface area contributed by atoms with Crippen LogP contribution in [0, 0.1) is 12.7 Å². The van der Waals surface area contributed by atoms with Crippen LogP contribution in [0.4, 0.5) is 15.8 Å². The number of carbonyl (C=O) groups is 1. The summed E-state index contributed by atoms with van der Waals surface area (Å²) >= 11 is 13.4. The van der Waals surface area contributed by atoms with Crippen LogP contribution in [0.3, 0.4) is 0 Å². The molecular formula is C25H17Cl2FN4O3S2. The Hall–Kier alpha value is -3.44. The topological polar surface area (TPSA) is 93.1 Å². The Morgan fingerprint density at radius 3 is 2.51 bits per heavy atom. The first kappa shape index (κ1) is 25.2. The van der Waals surface area contributed by atoms with Crippen molar-refractivity contribution in [2.24, 2.45) is 0 Å². The van der Waals surface area contributed by atoms with Gasteiger partial charge in [-0.05, 0) is 73.7 Å². The van der Waals surface area contributed by atoms with Crippen molar-refractivity contribution >= 4 is 72.1 Å². The summed E-state index contributed by atoms with van der Waals surface area (Å²) in [5.41, 5.74) is 1.79. The van der Waals surface area contributed by atoms with Crippen molar-refractivity contribution in [2.75, 3.05) is 10.0 Å². The highest BCUT2D eigenvalue weighted by atomic mass is 35.5. The molecule has 5 rings (SSSR count). The van der Waals surface area contributed by atoms with Crippen LogP contribution in [0.15, 0.2) is 77.7 Å². The fourth-order valence-corrected chi connectivity index (χ4v) is 6.14. The second-order valence-electron chi connectivity index (χ2n) is 8.01. The van der Waals surface area contributed by atoms with Gasteiger partial charge in [-0.15, -0.1) is 11.3 Å². The van der Waals surface area contributed by atoms with E-state index in [4.69, 9.17) is 23.2 Å². The van der Waals surface area contributed by atoms with Crippen LogP contribution < -0.4 is 10.0 Å². The van der Waals surface area contributed by atoms with Gasteiger partial charge >= 0.3 is 0 Å². The molecule has 1 amide bonds. The van der Waals surface area contributed by atoms with E-state index in [1.807, 2.05) is 6.92 Å². The number of fused-ring (bicyclic) bond motifs is 1. The van der Waals surface area contributed by atoms with Crippen LogP contribution in [0.25, 0.3) is 15.9 Å². The lowest BCUT2D eigenvalue weighted by molar-refractivity contribution is 0.103. The number of aromatic nitrogens is 2. The van der Waals surface area contributed by atoms with Crippen LogP contribution in [-0.4, -0.2) is 24.1 Å². The predicted octanol–water partition coefficient (Wildman–Crippen LogP) is 6.89. The molecule has 188 valence electrons. The molecule has 12 heteroatoms. The molecule has 0 aliphatic heterocycles. The number of hydrogen-bond donors (Lipinski definition) is 2. The molecule has 0 spiro atoms. The highest BCUT2D eigenvalue weighted by molar-refractivity contribution is 7.92. The SMILES string of the molecule is Cc1nn(-c2ccc(F)cc2)c2sc(C(=O)Nc3cc(S(=O)(=O)Nc4cccc(Cl)c4)ccc3Cl)cc12. The van der Waals surface area contributed by atoms with Gasteiger partial charge in [-0.2, -0.15) is 5.10 Å². The minimum Gasteiger partial charge on any atom is -0.320 e. The van der Waals surface area contributed by atoms with Crippen molar-refractivity contribution in [3.05, 3.63) is 99.2 Å². The quantitative estimate of drug-likeness (QED) is 0.231. The number of nitrogens with one attached hydrogen (secondary N) is 2. The maximum Gasteiger partial charge on any atom is 0.265 e. The molecule has 0 aliphatic carbocycles. The zero-order valence-corrected chi connectivity index (χ0v) is 22.1. The predicted molar refractivity (Wildman–Crippen MR) is 145 cm³/mol. The van der Waals surface area contributed by atoms with Crippen molar-refractivity contribution in [3.63, 3.8) is 0 Å². The lowest BCUT2D eigenvalue weighted by atomic mass is 10.3. The lowest BCUT2D eigenvalue weighted by Crippen LogP contribution is -2.15. The van der Waals surface area contributed by atoms with Gasteiger partial charge in [-0.3, -0.25) is 9.52 Å². The van der Waals surface area contributed by atoms with E-state index in [1.54, 1.807) is 41.1 Å². The Morgan fingerprint density at radius 1 is 1.03 bits per heavy atom. The van der Waals surface area contributed by atoms with Crippen molar-refractivity contribution in [3.8, 4) is 5.69 Å². The summed E-state index contributed by atoms with van der Waals surface area (Å²) in [6.07, 6.45) is 0. The molecule has 0 unspecified atom stereocenters. The number of benzene rings is 3. The smallest absolute Gasteiger partial charge is 0.265 e. The molecular weight excluding hydrogens is 558 g/mol. The van der Waals surface area contributed by atoms with E-state index in [2.05, 4.69) is 15.1 Å². The average Bonchev–Trinajstić information content (AvgIpc) is 3.41. The second kappa shape index (κ2) is 9.79. The number of nitrogens with zero attached hydrogens (tertiary/aromatic N) is 2. The van der Waals surface area contributed by atoms with Crippen molar-refractivity contribution in [2.45, 2.75) is 11.8 Å². The van der Waals surface area contributed by atoms with Gasteiger partial charge in [0.05, 0.1) is 37.6 Å². The fourth-order valence-electron chi connectivity index (χ4n) is 3.63. The Labute approximate surface area is 225 Å². The van der Waals surface area contributed by atoms with Crippen LogP contribution in [-0.2, 0) is 10.0 Å². The van der Waals surface area contributed by atoms with Crippen molar-refractivity contribution in [1.82, 2.24) is 9.78 Å². The summed E-state index contributed by atoms with van der Waals surface area (Å²) in [6.45, 7) is 1.81. The standard InChI is InChI=1S/C25H17Cl2FN4O3S2/c1-14-20-13-23(36-25(20)32(30-14)18-7-5-16(28)6-8-18)24(33)29-22-12-19(9-10-21(22)27)37(34,35)31-17-4-2-3-15(26)11-17/h2-13,31H,1H3,(H,29,33). The van der Waals surface area contributed by atoms with E-state index in [-0.39, 0.29) is 21.4 Å². The first-order chi connectivity index (χ1) is 17.6. The molecule has 0 fully saturated rings. The molecule has 2 aromatic heterocycles. The molecule has 37 heavy (non-hydrogen) atoms. The van der Waals surface area contributed by atoms with Crippen LogP contribution in [0.5, 0.6) is 0 Å². The molecule has 5 aromatic rings. The number of aryl methyl sites for hydroxylation is 1. The molecule has 7 nitrogen and oxygen atoms in total. The zero-order valence-electron chi connectivity index (χ0n) is 19.0. The first-order valence-electron chi connectivity index (χ1n) is 10.7. The average molecular weight is 575 g/mol. The minimum atomic E-state index is -3.98. The summed E-state index contributed by atoms with van der Waals surface area (Å²) < 4.78 is 43.3. The Morgan fingerprint density at radius 2 is 1.78 bits per heavy atom. The van der Waals surface area contributed by atoms with Gasteiger partial charge in [-0.25, -0.2) is 17.5 Å². The van der Waals surface area contributed by atoms with Gasteiger partial charge in [0.25, 0.3) is 15.9 Å². The number of hydrogen-bond acceptors (Lipinski definition) is 5. The van der Waals surface area contributed by atoms with Crippen LogP contribution in [0.2, 0.25) is 10.0 Å². The number of anilines is 2. The van der Waals surface area contributed by atoms with E-state index < -0.39 is 15.9 Å². The molecule has 3 aromatic carbocycles. The summed E-state index contributed by atoms with van der Waals surface area (Å²) in [5.74, 6) is -0.829. The third-order valence-electron chi connectivity index (χ3n) is 5.41. The summed E-state index contributed by atoms with van der Waals surface area (Å²) in [4.78, 5) is 14.1.